The number of carbonyl (C=O) groups is 1. The number of carbonyl (C=O) groups excluding carboxylic acids is 1. The Labute approximate surface area is 134 Å². The van der Waals surface area contributed by atoms with E-state index in [1.807, 2.05) is 24.3 Å². The maximum atomic E-state index is 13.2. The lowest BCUT2D eigenvalue weighted by Crippen LogP contribution is -2.03. The maximum absolute atomic E-state index is 13.2. The maximum Gasteiger partial charge on any atom is 0.194 e. The molecule has 0 N–H and O–H groups in total. The number of hydrogen-bond acceptors (Lipinski definition) is 1. The fourth-order valence-electron chi connectivity index (χ4n) is 2.28. The van der Waals surface area contributed by atoms with Crippen LogP contribution in [0.4, 0.5) is 4.39 Å². The summed E-state index contributed by atoms with van der Waals surface area (Å²) in [6.45, 7) is 0. The Balaban J connectivity index is 2.21. The minimum atomic E-state index is -0.389. The van der Waals surface area contributed by atoms with Crippen molar-refractivity contribution in [1.82, 2.24) is 0 Å². The van der Waals surface area contributed by atoms with E-state index in [1.54, 1.807) is 12.1 Å². The van der Waals surface area contributed by atoms with E-state index in [4.69, 9.17) is 11.6 Å². The van der Waals surface area contributed by atoms with Gasteiger partial charge in [-0.15, -0.1) is 0 Å². The van der Waals surface area contributed by atoms with Crippen molar-refractivity contribution in [3.05, 3.63) is 81.0 Å². The smallest absolute Gasteiger partial charge is 0.194 e. The van der Waals surface area contributed by atoms with E-state index < -0.39 is 0 Å². The molecule has 0 unspecified atom stereocenters. The number of halogens is 3. The first-order valence-electron chi connectivity index (χ1n) is 6.25. The highest BCUT2D eigenvalue weighted by Crippen LogP contribution is 2.29. The molecule has 4 heteroatoms. The van der Waals surface area contributed by atoms with Gasteiger partial charge in [0.25, 0.3) is 0 Å². The average Bonchev–Trinajstić information content (AvgIpc) is 2.47. The molecule has 0 radical (unpaired) electrons. The van der Waals surface area contributed by atoms with E-state index in [0.717, 1.165) is 10.8 Å². The van der Waals surface area contributed by atoms with Crippen LogP contribution in [0.15, 0.2) is 59.1 Å². The zero-order valence-corrected chi connectivity index (χ0v) is 13.1. The standard InChI is InChI=1S/C17H9BrClFO/c18-15-9-10(20)5-6-14(15)17(21)13-7-8-16(19)12-4-2-1-3-11(12)13/h1-9H. The molecular formula is C17H9BrClFO. The van der Waals surface area contributed by atoms with Crippen LogP contribution >= 0.6 is 27.5 Å². The van der Waals surface area contributed by atoms with Crippen LogP contribution in [0, 0.1) is 5.82 Å². The molecule has 0 saturated carbocycles. The molecule has 0 aliphatic heterocycles. The lowest BCUT2D eigenvalue weighted by atomic mass is 9.97. The van der Waals surface area contributed by atoms with Gasteiger partial charge in [0.05, 0.1) is 0 Å². The monoisotopic (exact) mass is 362 g/mol. The van der Waals surface area contributed by atoms with E-state index in [9.17, 15) is 9.18 Å². The third-order valence-corrected chi connectivity index (χ3v) is 4.28. The van der Waals surface area contributed by atoms with Gasteiger partial charge in [0.1, 0.15) is 5.82 Å². The molecule has 0 fully saturated rings. The summed E-state index contributed by atoms with van der Waals surface area (Å²) in [7, 11) is 0. The van der Waals surface area contributed by atoms with E-state index in [1.165, 1.54) is 18.2 Å². The molecule has 3 aromatic carbocycles. The van der Waals surface area contributed by atoms with Crippen molar-refractivity contribution in [2.45, 2.75) is 0 Å². The van der Waals surface area contributed by atoms with Crippen LogP contribution in [0.5, 0.6) is 0 Å². The van der Waals surface area contributed by atoms with E-state index >= 15 is 0 Å². The Kier molecular flexibility index (Phi) is 3.79. The van der Waals surface area contributed by atoms with E-state index in [2.05, 4.69) is 15.9 Å². The van der Waals surface area contributed by atoms with Crippen molar-refractivity contribution in [3.63, 3.8) is 0 Å². The molecule has 21 heavy (non-hydrogen) atoms. The van der Waals surface area contributed by atoms with Crippen molar-refractivity contribution >= 4 is 44.1 Å². The van der Waals surface area contributed by atoms with Crippen LogP contribution in [0.1, 0.15) is 15.9 Å². The quantitative estimate of drug-likeness (QED) is 0.540. The number of rotatable bonds is 2. The number of hydrogen-bond donors (Lipinski definition) is 0. The van der Waals surface area contributed by atoms with Gasteiger partial charge in [-0.3, -0.25) is 4.79 Å². The largest absolute Gasteiger partial charge is 0.289 e. The molecule has 0 aromatic heterocycles. The van der Waals surface area contributed by atoms with Gasteiger partial charge in [-0.05, 0) is 51.6 Å². The van der Waals surface area contributed by atoms with Gasteiger partial charge in [-0.2, -0.15) is 0 Å². The van der Waals surface area contributed by atoms with Gasteiger partial charge in [0.2, 0.25) is 0 Å². The number of ketones is 1. The van der Waals surface area contributed by atoms with Crippen LogP contribution in [-0.4, -0.2) is 5.78 Å². The van der Waals surface area contributed by atoms with Gasteiger partial charge in [0, 0.05) is 26.0 Å². The van der Waals surface area contributed by atoms with Crippen LogP contribution < -0.4 is 0 Å². The molecular weight excluding hydrogens is 355 g/mol. The van der Waals surface area contributed by atoms with Crippen LogP contribution in [-0.2, 0) is 0 Å². The lowest BCUT2D eigenvalue weighted by molar-refractivity contribution is 0.103. The SMILES string of the molecule is O=C(c1ccc(F)cc1Br)c1ccc(Cl)c2ccccc12. The summed E-state index contributed by atoms with van der Waals surface area (Å²) in [6, 6.07) is 14.9. The molecule has 3 aromatic rings. The van der Waals surface area contributed by atoms with Gasteiger partial charge in [0.15, 0.2) is 5.78 Å². The van der Waals surface area contributed by atoms with Gasteiger partial charge >= 0.3 is 0 Å². The van der Waals surface area contributed by atoms with E-state index in [-0.39, 0.29) is 11.6 Å². The van der Waals surface area contributed by atoms with Crippen molar-refractivity contribution in [1.29, 1.82) is 0 Å². The molecule has 1 nitrogen and oxygen atoms in total. The predicted molar refractivity (Wildman–Crippen MR) is 86.5 cm³/mol. The third kappa shape index (κ3) is 2.59. The molecule has 0 spiro atoms. The van der Waals surface area contributed by atoms with Crippen molar-refractivity contribution in [2.24, 2.45) is 0 Å². The topological polar surface area (TPSA) is 17.1 Å². The first-order chi connectivity index (χ1) is 10.1. The Morgan fingerprint density at radius 2 is 1.62 bits per heavy atom. The first kappa shape index (κ1) is 14.2. The molecule has 0 aliphatic carbocycles. The van der Waals surface area contributed by atoms with Crippen molar-refractivity contribution in [2.75, 3.05) is 0 Å². The summed E-state index contributed by atoms with van der Waals surface area (Å²) < 4.78 is 13.6. The second-order valence-corrected chi connectivity index (χ2v) is 5.86. The highest BCUT2D eigenvalue weighted by Gasteiger charge is 2.16. The van der Waals surface area contributed by atoms with Crippen LogP contribution in [0.25, 0.3) is 10.8 Å². The molecule has 0 aliphatic rings. The fraction of sp³-hybridized carbons (Fsp3) is 0. The number of fused-ring (bicyclic) bond motifs is 1. The van der Waals surface area contributed by atoms with Crippen LogP contribution in [0.3, 0.4) is 0 Å². The van der Waals surface area contributed by atoms with E-state index in [0.29, 0.717) is 20.6 Å². The molecule has 0 atom stereocenters. The molecule has 0 amide bonds. The highest BCUT2D eigenvalue weighted by atomic mass is 79.9. The minimum Gasteiger partial charge on any atom is -0.289 e. The highest BCUT2D eigenvalue weighted by molar-refractivity contribution is 9.10. The van der Waals surface area contributed by atoms with Crippen molar-refractivity contribution < 1.29 is 9.18 Å². The molecule has 3 rings (SSSR count). The van der Waals surface area contributed by atoms with Crippen LogP contribution in [0.2, 0.25) is 5.02 Å². The average molecular weight is 364 g/mol. The lowest BCUT2D eigenvalue weighted by Gasteiger charge is -2.09. The Morgan fingerprint density at radius 1 is 0.952 bits per heavy atom. The first-order valence-corrected chi connectivity index (χ1v) is 7.42. The second kappa shape index (κ2) is 5.58. The summed E-state index contributed by atoms with van der Waals surface area (Å²) in [5.74, 6) is -0.561. The fourth-order valence-corrected chi connectivity index (χ4v) is 3.04. The summed E-state index contributed by atoms with van der Waals surface area (Å²) in [6.07, 6.45) is 0. The van der Waals surface area contributed by atoms with Gasteiger partial charge < -0.3 is 0 Å². The summed E-state index contributed by atoms with van der Waals surface area (Å²) in [4.78, 5) is 12.7. The molecule has 0 heterocycles. The zero-order valence-electron chi connectivity index (χ0n) is 10.7. The van der Waals surface area contributed by atoms with Gasteiger partial charge in [-0.25, -0.2) is 4.39 Å². The zero-order chi connectivity index (χ0) is 15.0. The summed E-state index contributed by atoms with van der Waals surface area (Å²) in [5, 5.41) is 2.20. The third-order valence-electron chi connectivity index (χ3n) is 3.29. The Morgan fingerprint density at radius 3 is 2.33 bits per heavy atom. The molecule has 104 valence electrons. The molecule has 0 bridgehead atoms. The minimum absolute atomic E-state index is 0.172. The normalized spacial score (nSPS) is 10.8. The Hall–Kier alpha value is -1.71. The van der Waals surface area contributed by atoms with Crippen molar-refractivity contribution in [3.8, 4) is 0 Å². The Bertz CT molecular complexity index is 861. The summed E-state index contributed by atoms with van der Waals surface area (Å²) >= 11 is 9.40. The predicted octanol–water partition coefficient (Wildman–Crippen LogP) is 5.63. The molecule has 0 saturated heterocycles. The summed E-state index contributed by atoms with van der Waals surface area (Å²) in [5.41, 5.74) is 0.964. The number of benzene rings is 3. The van der Waals surface area contributed by atoms with Gasteiger partial charge in [-0.1, -0.05) is 35.9 Å². The second-order valence-electron chi connectivity index (χ2n) is 4.59.